The van der Waals surface area contributed by atoms with Crippen molar-refractivity contribution >= 4 is 40.8 Å². The molecule has 0 bridgehead atoms. The van der Waals surface area contributed by atoms with Crippen molar-refractivity contribution in [2.75, 3.05) is 20.0 Å². The Labute approximate surface area is 228 Å². The molecule has 0 saturated heterocycles. The normalized spacial score (nSPS) is 15.1. The van der Waals surface area contributed by atoms with Crippen molar-refractivity contribution in [2.45, 2.75) is 17.9 Å². The van der Waals surface area contributed by atoms with E-state index in [1.165, 1.54) is 11.3 Å². The molecule has 0 radical (unpaired) electrons. The van der Waals surface area contributed by atoms with E-state index in [1.54, 1.807) is 30.4 Å². The van der Waals surface area contributed by atoms with Gasteiger partial charge in [-0.2, -0.15) is 0 Å². The number of hydrogen-bond donors (Lipinski definition) is 0. The highest BCUT2D eigenvalue weighted by Gasteiger charge is 2.35. The zero-order valence-corrected chi connectivity index (χ0v) is 22.8. The van der Waals surface area contributed by atoms with Crippen LogP contribution >= 0.6 is 23.1 Å². The third-order valence-electron chi connectivity index (χ3n) is 6.20. The third-order valence-corrected chi connectivity index (χ3v) is 7.92. The molecule has 0 fully saturated rings. The highest BCUT2D eigenvalue weighted by atomic mass is 32.2. The fourth-order valence-corrected chi connectivity index (χ4v) is 5.83. The van der Waals surface area contributed by atoms with Crippen molar-refractivity contribution in [3.8, 4) is 5.75 Å². The van der Waals surface area contributed by atoms with Crippen LogP contribution < -0.4 is 19.6 Å². The number of nitrogens with zero attached hydrogens (tertiary/aromatic N) is 2. The van der Waals surface area contributed by atoms with Crippen molar-refractivity contribution in [1.82, 2.24) is 4.57 Å². The van der Waals surface area contributed by atoms with Crippen LogP contribution in [0.4, 0.5) is 0 Å². The largest absolute Gasteiger partial charge is 0.497 e. The standard InChI is InChI=1S/C30H26N2O4S2/c1-4-36-29(34)25-26(20-10-6-5-7-11-20)31-30-32(27(25)21-13-15-23(37-3)16-14-21)28(33)24(38-30)18-19-9-8-12-22(17-19)35-2/h5-18,27H,4H2,1-3H3/b24-18+/t27-/m0/s1. The van der Waals surface area contributed by atoms with E-state index in [1.807, 2.05) is 91.2 Å². The summed E-state index contributed by atoms with van der Waals surface area (Å²) in [7, 11) is 1.61. The Kier molecular flexibility index (Phi) is 7.62. The lowest BCUT2D eigenvalue weighted by Gasteiger charge is -2.26. The quantitative estimate of drug-likeness (QED) is 0.251. The van der Waals surface area contributed by atoms with Gasteiger partial charge < -0.3 is 9.47 Å². The van der Waals surface area contributed by atoms with E-state index in [4.69, 9.17) is 14.5 Å². The van der Waals surface area contributed by atoms with Crippen molar-refractivity contribution in [3.63, 3.8) is 0 Å². The molecule has 0 aliphatic carbocycles. The monoisotopic (exact) mass is 542 g/mol. The van der Waals surface area contributed by atoms with Crippen molar-refractivity contribution in [3.05, 3.63) is 121 Å². The fraction of sp³-hybridized carbons (Fsp3) is 0.167. The molecule has 1 aliphatic heterocycles. The van der Waals surface area contributed by atoms with Crippen LogP contribution in [0.1, 0.15) is 29.7 Å². The lowest BCUT2D eigenvalue weighted by Crippen LogP contribution is -2.40. The van der Waals surface area contributed by atoms with E-state index < -0.39 is 12.0 Å². The molecule has 38 heavy (non-hydrogen) atoms. The molecule has 5 rings (SSSR count). The summed E-state index contributed by atoms with van der Waals surface area (Å²) in [5.74, 6) is 0.213. The molecule has 0 saturated carbocycles. The number of thiazole rings is 1. The molecule has 0 N–H and O–H groups in total. The van der Waals surface area contributed by atoms with E-state index in [0.717, 1.165) is 21.6 Å². The first kappa shape index (κ1) is 25.8. The number of esters is 1. The Hall–Kier alpha value is -3.88. The van der Waals surface area contributed by atoms with E-state index in [9.17, 15) is 9.59 Å². The van der Waals surface area contributed by atoms with Crippen LogP contribution in [0.25, 0.3) is 11.8 Å². The summed E-state index contributed by atoms with van der Waals surface area (Å²) in [5.41, 5.74) is 3.07. The van der Waals surface area contributed by atoms with Gasteiger partial charge in [-0.25, -0.2) is 9.79 Å². The predicted molar refractivity (Wildman–Crippen MR) is 152 cm³/mol. The number of rotatable bonds is 7. The number of fused-ring (bicyclic) bond motifs is 1. The molecule has 0 unspecified atom stereocenters. The Morgan fingerprint density at radius 1 is 1.08 bits per heavy atom. The Morgan fingerprint density at radius 3 is 2.53 bits per heavy atom. The van der Waals surface area contributed by atoms with E-state index in [0.29, 0.717) is 26.4 Å². The molecule has 1 aromatic heterocycles. The summed E-state index contributed by atoms with van der Waals surface area (Å²) < 4.78 is 13.0. The van der Waals surface area contributed by atoms with Crippen molar-refractivity contribution < 1.29 is 14.3 Å². The molecule has 8 heteroatoms. The minimum absolute atomic E-state index is 0.211. The minimum atomic E-state index is -0.691. The fourth-order valence-electron chi connectivity index (χ4n) is 4.42. The summed E-state index contributed by atoms with van der Waals surface area (Å²) in [6, 6.07) is 24.3. The first-order valence-corrected chi connectivity index (χ1v) is 14.1. The SMILES string of the molecule is CCOC(=O)C1=C(c2ccccc2)N=c2s/c(=C/c3cccc(OC)c3)c(=O)n2[C@H]1c1ccc(SC)cc1. The van der Waals surface area contributed by atoms with Gasteiger partial charge >= 0.3 is 5.97 Å². The van der Waals surface area contributed by atoms with Gasteiger partial charge in [0, 0.05) is 10.5 Å². The van der Waals surface area contributed by atoms with Gasteiger partial charge in [-0.1, -0.05) is 65.9 Å². The van der Waals surface area contributed by atoms with Gasteiger partial charge in [0.15, 0.2) is 4.80 Å². The molecule has 2 heterocycles. The third kappa shape index (κ3) is 4.97. The summed E-state index contributed by atoms with van der Waals surface area (Å²) >= 11 is 2.93. The van der Waals surface area contributed by atoms with Gasteiger partial charge in [-0.3, -0.25) is 9.36 Å². The highest BCUT2D eigenvalue weighted by Crippen LogP contribution is 2.35. The first-order chi connectivity index (χ1) is 18.5. The van der Waals surface area contributed by atoms with Gasteiger partial charge in [0.1, 0.15) is 5.75 Å². The van der Waals surface area contributed by atoms with Crippen molar-refractivity contribution in [1.29, 1.82) is 0 Å². The molecule has 3 aromatic carbocycles. The van der Waals surface area contributed by atoms with E-state index >= 15 is 0 Å². The number of methoxy groups -OCH3 is 1. The molecule has 1 aliphatic rings. The number of carbonyl (C=O) groups is 1. The number of thioether (sulfide) groups is 1. The number of benzene rings is 3. The molecule has 4 aromatic rings. The van der Waals surface area contributed by atoms with E-state index in [2.05, 4.69) is 0 Å². The molecular formula is C30H26N2O4S2. The number of ether oxygens (including phenoxy) is 2. The Balaban J connectivity index is 1.81. The summed E-state index contributed by atoms with van der Waals surface area (Å²) in [6.45, 7) is 1.98. The van der Waals surface area contributed by atoms with Crippen LogP contribution in [0, 0.1) is 0 Å². The van der Waals surface area contributed by atoms with Crippen LogP contribution in [0.2, 0.25) is 0 Å². The Morgan fingerprint density at radius 2 is 1.84 bits per heavy atom. The number of carbonyl (C=O) groups excluding carboxylic acids is 1. The molecule has 6 nitrogen and oxygen atoms in total. The zero-order chi connectivity index (χ0) is 26.6. The second-order valence-electron chi connectivity index (χ2n) is 8.48. The summed E-state index contributed by atoms with van der Waals surface area (Å²) in [4.78, 5) is 33.9. The summed E-state index contributed by atoms with van der Waals surface area (Å²) in [6.07, 6.45) is 3.84. The molecule has 0 spiro atoms. The minimum Gasteiger partial charge on any atom is -0.497 e. The molecule has 1 atom stereocenters. The van der Waals surface area contributed by atoms with Gasteiger partial charge in [0.05, 0.1) is 35.6 Å². The maximum absolute atomic E-state index is 13.9. The second kappa shape index (κ2) is 11.2. The van der Waals surface area contributed by atoms with Crippen LogP contribution in [0.3, 0.4) is 0 Å². The van der Waals surface area contributed by atoms with Crippen LogP contribution in [0.5, 0.6) is 5.75 Å². The second-order valence-corrected chi connectivity index (χ2v) is 10.4. The maximum atomic E-state index is 13.9. The summed E-state index contributed by atoms with van der Waals surface area (Å²) in [5, 5.41) is 0. The van der Waals surface area contributed by atoms with Gasteiger partial charge in [-0.05, 0) is 54.6 Å². The Bertz CT molecular complexity index is 1690. The average molecular weight is 543 g/mol. The van der Waals surface area contributed by atoms with Gasteiger partial charge in [0.25, 0.3) is 5.56 Å². The number of hydrogen-bond acceptors (Lipinski definition) is 7. The highest BCUT2D eigenvalue weighted by molar-refractivity contribution is 7.98. The first-order valence-electron chi connectivity index (χ1n) is 12.1. The van der Waals surface area contributed by atoms with Gasteiger partial charge in [-0.15, -0.1) is 11.8 Å². The average Bonchev–Trinajstić information content (AvgIpc) is 3.27. The zero-order valence-electron chi connectivity index (χ0n) is 21.2. The lowest BCUT2D eigenvalue weighted by atomic mass is 9.93. The van der Waals surface area contributed by atoms with Crippen LogP contribution in [-0.4, -0.2) is 30.5 Å². The van der Waals surface area contributed by atoms with Crippen molar-refractivity contribution in [2.24, 2.45) is 4.99 Å². The smallest absolute Gasteiger partial charge is 0.338 e. The van der Waals surface area contributed by atoms with Crippen LogP contribution in [-0.2, 0) is 9.53 Å². The number of aromatic nitrogens is 1. The molecular weight excluding hydrogens is 516 g/mol. The topological polar surface area (TPSA) is 69.9 Å². The predicted octanol–water partition coefficient (Wildman–Crippen LogP) is 4.67. The van der Waals surface area contributed by atoms with Crippen LogP contribution in [0.15, 0.2) is 99.1 Å². The molecule has 192 valence electrons. The van der Waals surface area contributed by atoms with Gasteiger partial charge in [0.2, 0.25) is 0 Å². The van der Waals surface area contributed by atoms with E-state index in [-0.39, 0.29) is 12.2 Å². The maximum Gasteiger partial charge on any atom is 0.338 e. The lowest BCUT2D eigenvalue weighted by molar-refractivity contribution is -0.138. The molecule has 0 amide bonds.